The lowest BCUT2D eigenvalue weighted by Gasteiger charge is -2.03. The van der Waals surface area contributed by atoms with Gasteiger partial charge >= 0.3 is 0 Å². The zero-order valence-corrected chi connectivity index (χ0v) is 11.9. The minimum Gasteiger partial charge on any atom is -0.300 e. The molecule has 0 spiro atoms. The van der Waals surface area contributed by atoms with Gasteiger partial charge in [-0.15, -0.1) is 0 Å². The van der Waals surface area contributed by atoms with E-state index in [0.29, 0.717) is 5.82 Å². The first-order valence-corrected chi connectivity index (χ1v) is 7.23. The summed E-state index contributed by atoms with van der Waals surface area (Å²) < 4.78 is 6.64. The Bertz CT molecular complexity index is 744. The van der Waals surface area contributed by atoms with Gasteiger partial charge in [0.15, 0.2) is 11.6 Å². The van der Waals surface area contributed by atoms with Crippen molar-refractivity contribution in [2.45, 2.75) is 13.5 Å². The molecule has 2 aromatic heterocycles. The van der Waals surface area contributed by atoms with Crippen molar-refractivity contribution < 1.29 is 0 Å². The molecule has 3 aromatic rings. The molecule has 2 heterocycles. The maximum absolute atomic E-state index is 4.57. The lowest BCUT2D eigenvalue weighted by Crippen LogP contribution is -2.14. The van der Waals surface area contributed by atoms with Gasteiger partial charge in [-0.2, -0.15) is 9.37 Å². The molecule has 100 valence electrons. The van der Waals surface area contributed by atoms with Crippen LogP contribution in [-0.2, 0) is 6.54 Å². The number of rotatable bonds is 3. The molecule has 1 aromatic carbocycles. The van der Waals surface area contributed by atoms with E-state index in [0.717, 1.165) is 22.7 Å². The zero-order chi connectivity index (χ0) is 13.8. The molecule has 0 unspecified atom stereocenters. The van der Waals surface area contributed by atoms with Crippen LogP contribution in [0.15, 0.2) is 59.7 Å². The Hall–Kier alpha value is -2.27. The third-order valence-electron chi connectivity index (χ3n) is 2.91. The summed E-state index contributed by atoms with van der Waals surface area (Å²) in [5, 5.41) is 0. The van der Waals surface area contributed by atoms with Gasteiger partial charge in [0, 0.05) is 29.8 Å². The van der Waals surface area contributed by atoms with Crippen molar-refractivity contribution in [3.05, 3.63) is 59.5 Å². The van der Waals surface area contributed by atoms with Crippen LogP contribution in [0, 0.1) is 0 Å². The quantitative estimate of drug-likeness (QED) is 0.740. The van der Waals surface area contributed by atoms with Crippen LogP contribution in [-0.4, -0.2) is 13.9 Å². The Labute approximate surface area is 121 Å². The summed E-state index contributed by atoms with van der Waals surface area (Å²) in [5.41, 5.74) is 1.10. The molecule has 0 saturated carbocycles. The number of nitrogens with zero attached hydrogens (tertiary/aromatic N) is 4. The van der Waals surface area contributed by atoms with Crippen LogP contribution in [0.2, 0.25) is 0 Å². The minimum absolute atomic E-state index is 0.706. The second kappa shape index (κ2) is 5.79. The molecule has 5 heteroatoms. The summed E-state index contributed by atoms with van der Waals surface area (Å²) >= 11 is 1.40. The van der Waals surface area contributed by atoms with Crippen LogP contribution >= 0.6 is 11.5 Å². The van der Waals surface area contributed by atoms with Gasteiger partial charge in [-0.25, -0.2) is 4.98 Å². The summed E-state index contributed by atoms with van der Waals surface area (Å²) in [7, 11) is 0. The van der Waals surface area contributed by atoms with E-state index >= 15 is 0 Å². The lowest BCUT2D eigenvalue weighted by molar-refractivity contribution is 0.737. The van der Waals surface area contributed by atoms with Gasteiger partial charge in [0.2, 0.25) is 4.80 Å². The first-order valence-electron chi connectivity index (χ1n) is 6.46. The Morgan fingerprint density at radius 1 is 1.10 bits per heavy atom. The number of hydrogen-bond acceptors (Lipinski definition) is 4. The molecule has 0 N–H and O–H groups in total. The standard InChI is InChI=1S/C15H14N4S/c1-2-19-14(12-8-4-3-5-9-12)18-20-15(19)17-13-10-6-7-11-16-13/h3-11H,2H2,1H3/b17-15+. The number of pyridine rings is 1. The topological polar surface area (TPSA) is 43.1 Å². The van der Waals surface area contributed by atoms with E-state index in [4.69, 9.17) is 0 Å². The highest BCUT2D eigenvalue weighted by Crippen LogP contribution is 2.16. The van der Waals surface area contributed by atoms with E-state index in [2.05, 4.69) is 38.0 Å². The van der Waals surface area contributed by atoms with E-state index in [9.17, 15) is 0 Å². The molecule has 0 atom stereocenters. The van der Waals surface area contributed by atoms with E-state index in [1.54, 1.807) is 6.20 Å². The first-order chi connectivity index (χ1) is 9.88. The summed E-state index contributed by atoms with van der Waals surface area (Å²) in [4.78, 5) is 9.66. The third kappa shape index (κ3) is 2.53. The van der Waals surface area contributed by atoms with Gasteiger partial charge in [-0.05, 0) is 19.1 Å². The highest BCUT2D eigenvalue weighted by molar-refractivity contribution is 7.03. The fourth-order valence-electron chi connectivity index (χ4n) is 1.95. The lowest BCUT2D eigenvalue weighted by atomic mass is 10.2. The Balaban J connectivity index is 2.11. The number of aromatic nitrogens is 3. The highest BCUT2D eigenvalue weighted by Gasteiger charge is 2.08. The first kappa shape index (κ1) is 12.7. The van der Waals surface area contributed by atoms with Crippen LogP contribution in [0.4, 0.5) is 5.82 Å². The van der Waals surface area contributed by atoms with Crippen molar-refractivity contribution in [1.29, 1.82) is 0 Å². The van der Waals surface area contributed by atoms with Crippen LogP contribution < -0.4 is 4.80 Å². The fourth-order valence-corrected chi connectivity index (χ4v) is 2.77. The second-order valence-electron chi connectivity index (χ2n) is 4.20. The maximum Gasteiger partial charge on any atom is 0.211 e. The van der Waals surface area contributed by atoms with Crippen molar-refractivity contribution in [2.24, 2.45) is 4.99 Å². The summed E-state index contributed by atoms with van der Waals surface area (Å²) in [6, 6.07) is 15.9. The molecule has 0 saturated heterocycles. The summed E-state index contributed by atoms with van der Waals surface area (Å²) in [5.74, 6) is 1.66. The molecule has 0 amide bonds. The normalized spacial score (nSPS) is 11.8. The van der Waals surface area contributed by atoms with Gasteiger partial charge in [-0.3, -0.25) is 0 Å². The van der Waals surface area contributed by atoms with E-state index in [-0.39, 0.29) is 0 Å². The van der Waals surface area contributed by atoms with Crippen LogP contribution in [0.25, 0.3) is 11.4 Å². The molecule has 0 fully saturated rings. The van der Waals surface area contributed by atoms with E-state index in [1.807, 2.05) is 36.4 Å². The SMILES string of the molecule is CCn1c(-c2ccccc2)ns/c1=N/c1ccccn1. The molecule has 3 rings (SSSR count). The van der Waals surface area contributed by atoms with Crippen molar-refractivity contribution >= 4 is 17.4 Å². The summed E-state index contributed by atoms with van der Waals surface area (Å²) in [6.07, 6.45) is 1.74. The van der Waals surface area contributed by atoms with Crippen molar-refractivity contribution in [3.63, 3.8) is 0 Å². The van der Waals surface area contributed by atoms with Gasteiger partial charge in [0.25, 0.3) is 0 Å². The fraction of sp³-hybridized carbons (Fsp3) is 0.133. The molecule has 0 bridgehead atoms. The van der Waals surface area contributed by atoms with Gasteiger partial charge in [0.1, 0.15) is 0 Å². The monoisotopic (exact) mass is 282 g/mol. The van der Waals surface area contributed by atoms with Gasteiger partial charge < -0.3 is 4.57 Å². The van der Waals surface area contributed by atoms with Crippen molar-refractivity contribution in [3.8, 4) is 11.4 Å². The van der Waals surface area contributed by atoms with Crippen molar-refractivity contribution in [2.75, 3.05) is 0 Å². The average molecular weight is 282 g/mol. The zero-order valence-electron chi connectivity index (χ0n) is 11.1. The molecule has 0 aliphatic carbocycles. The molecular weight excluding hydrogens is 268 g/mol. The predicted molar refractivity (Wildman–Crippen MR) is 80.7 cm³/mol. The van der Waals surface area contributed by atoms with Gasteiger partial charge in [-0.1, -0.05) is 36.4 Å². The summed E-state index contributed by atoms with van der Waals surface area (Å²) in [6.45, 7) is 2.92. The molecule has 0 radical (unpaired) electrons. The van der Waals surface area contributed by atoms with Crippen LogP contribution in [0.5, 0.6) is 0 Å². The average Bonchev–Trinajstić information content (AvgIpc) is 2.92. The highest BCUT2D eigenvalue weighted by atomic mass is 32.1. The number of hydrogen-bond donors (Lipinski definition) is 0. The van der Waals surface area contributed by atoms with Gasteiger partial charge in [0.05, 0.1) is 0 Å². The van der Waals surface area contributed by atoms with Crippen LogP contribution in [0.3, 0.4) is 0 Å². The molecule has 20 heavy (non-hydrogen) atoms. The molecule has 0 aliphatic heterocycles. The number of benzene rings is 1. The van der Waals surface area contributed by atoms with E-state index in [1.165, 1.54) is 11.5 Å². The second-order valence-corrected chi connectivity index (χ2v) is 4.93. The smallest absolute Gasteiger partial charge is 0.211 e. The largest absolute Gasteiger partial charge is 0.300 e. The van der Waals surface area contributed by atoms with Crippen LogP contribution in [0.1, 0.15) is 6.92 Å². The maximum atomic E-state index is 4.57. The molecule has 4 nitrogen and oxygen atoms in total. The Morgan fingerprint density at radius 3 is 2.60 bits per heavy atom. The molecule has 0 aliphatic rings. The predicted octanol–water partition coefficient (Wildman–Crippen LogP) is 3.26. The minimum atomic E-state index is 0.706. The van der Waals surface area contributed by atoms with Crippen molar-refractivity contribution in [1.82, 2.24) is 13.9 Å². The van der Waals surface area contributed by atoms with E-state index < -0.39 is 0 Å². The Kier molecular flexibility index (Phi) is 3.69. The Morgan fingerprint density at radius 2 is 1.90 bits per heavy atom. The molecular formula is C15H14N4S. The third-order valence-corrected chi connectivity index (χ3v) is 3.65.